The number of carbonyl (C=O) groups excluding carboxylic acids is 1. The molecule has 1 fully saturated rings. The van der Waals surface area contributed by atoms with Gasteiger partial charge in [0.05, 0.1) is 17.3 Å². The molecule has 7 nitrogen and oxygen atoms in total. The zero-order valence-electron chi connectivity index (χ0n) is 12.1. The average molecular weight is 316 g/mol. The number of carboxylic acids is 1. The van der Waals surface area contributed by atoms with Gasteiger partial charge in [0.25, 0.3) is 0 Å². The Hall–Kier alpha value is -1.76. The number of hydrogen-bond acceptors (Lipinski definition) is 4. The highest BCUT2D eigenvalue weighted by molar-refractivity contribution is 6.33. The minimum absolute atomic E-state index is 0.0163. The maximum Gasteiger partial charge on any atom is 0.407 e. The quantitative estimate of drug-likeness (QED) is 0.893. The van der Waals surface area contributed by atoms with Crippen molar-refractivity contribution in [3.8, 4) is 0 Å². The summed E-state index contributed by atoms with van der Waals surface area (Å²) in [4.78, 5) is 22.7. The van der Waals surface area contributed by atoms with Crippen LogP contribution >= 0.6 is 11.6 Å². The van der Waals surface area contributed by atoms with Crippen molar-refractivity contribution in [1.29, 1.82) is 0 Å². The Morgan fingerprint density at radius 2 is 2.10 bits per heavy atom. The van der Waals surface area contributed by atoms with Gasteiger partial charge in [0.15, 0.2) is 5.69 Å². The molecule has 0 aliphatic heterocycles. The predicted molar refractivity (Wildman–Crippen MR) is 75.6 cm³/mol. The van der Waals surface area contributed by atoms with Crippen molar-refractivity contribution in [2.24, 2.45) is 0 Å². The molecule has 21 heavy (non-hydrogen) atoms. The Morgan fingerprint density at radius 3 is 2.62 bits per heavy atom. The normalized spacial score (nSPS) is 21.5. The molecule has 1 aliphatic carbocycles. The topological polar surface area (TPSA) is 93.5 Å². The van der Waals surface area contributed by atoms with E-state index in [4.69, 9.17) is 21.4 Å². The van der Waals surface area contributed by atoms with E-state index < -0.39 is 17.7 Å². The number of nitrogens with one attached hydrogen (secondary N) is 1. The monoisotopic (exact) mass is 315 g/mol. The number of hydrogen-bond donors (Lipinski definition) is 2. The third kappa shape index (κ3) is 3.66. The summed E-state index contributed by atoms with van der Waals surface area (Å²) in [6.45, 7) is 5.38. The smallest absolute Gasteiger partial charge is 0.407 e. The average Bonchev–Trinajstić information content (AvgIpc) is 2.62. The number of alkyl carbamates (subject to hydrolysis) is 1. The van der Waals surface area contributed by atoms with E-state index in [0.717, 1.165) is 0 Å². The molecule has 1 aromatic heterocycles. The fraction of sp³-hybridized carbons (Fsp3) is 0.615. The van der Waals surface area contributed by atoms with Crippen LogP contribution in [0.5, 0.6) is 0 Å². The van der Waals surface area contributed by atoms with Crippen LogP contribution in [-0.4, -0.2) is 38.6 Å². The largest absolute Gasteiger partial charge is 0.476 e. The van der Waals surface area contributed by atoms with Crippen LogP contribution in [0.3, 0.4) is 0 Å². The van der Waals surface area contributed by atoms with Gasteiger partial charge in [-0.15, -0.1) is 0 Å². The summed E-state index contributed by atoms with van der Waals surface area (Å²) in [6.07, 6.45) is 2.04. The van der Waals surface area contributed by atoms with E-state index in [0.29, 0.717) is 12.8 Å². The fourth-order valence-electron chi connectivity index (χ4n) is 2.20. The van der Waals surface area contributed by atoms with E-state index in [1.54, 1.807) is 20.8 Å². The van der Waals surface area contributed by atoms with E-state index in [9.17, 15) is 9.59 Å². The van der Waals surface area contributed by atoms with Crippen molar-refractivity contribution in [3.63, 3.8) is 0 Å². The van der Waals surface area contributed by atoms with Crippen LogP contribution in [0, 0.1) is 0 Å². The number of amides is 1. The number of halogens is 1. The second-order valence-electron chi connectivity index (χ2n) is 6.06. The second kappa shape index (κ2) is 5.55. The number of aromatic carboxylic acids is 1. The molecule has 1 aliphatic rings. The maximum absolute atomic E-state index is 11.6. The SMILES string of the molecule is CC(C)(C)OC(=O)NC1CC(n2ncc(Cl)c2C(=O)O)C1. The Labute approximate surface area is 127 Å². The Bertz CT molecular complexity index is 558. The summed E-state index contributed by atoms with van der Waals surface area (Å²) in [6, 6.07) is -0.127. The molecule has 8 heteroatoms. The first-order valence-electron chi connectivity index (χ1n) is 6.63. The summed E-state index contributed by atoms with van der Waals surface area (Å²) in [5.74, 6) is -1.11. The molecular weight excluding hydrogens is 298 g/mol. The molecule has 1 amide bonds. The summed E-state index contributed by atoms with van der Waals surface area (Å²) >= 11 is 5.80. The second-order valence-corrected chi connectivity index (χ2v) is 6.47. The number of carboxylic acid groups (broad SMARTS) is 1. The first-order valence-corrected chi connectivity index (χ1v) is 7.01. The lowest BCUT2D eigenvalue weighted by Crippen LogP contribution is -2.47. The van der Waals surface area contributed by atoms with Gasteiger partial charge in [-0.05, 0) is 33.6 Å². The van der Waals surface area contributed by atoms with Gasteiger partial charge in [-0.2, -0.15) is 5.10 Å². The number of carbonyl (C=O) groups is 2. The molecule has 0 atom stereocenters. The molecule has 2 N–H and O–H groups in total. The first kappa shape index (κ1) is 15.6. The fourth-order valence-corrected chi connectivity index (χ4v) is 2.41. The number of nitrogens with zero attached hydrogens (tertiary/aromatic N) is 2. The van der Waals surface area contributed by atoms with Gasteiger partial charge in [-0.25, -0.2) is 9.59 Å². The summed E-state index contributed by atoms with van der Waals surface area (Å²) in [5, 5.41) is 16.0. The molecule has 1 heterocycles. The summed E-state index contributed by atoms with van der Waals surface area (Å²) in [7, 11) is 0. The van der Waals surface area contributed by atoms with Crippen molar-refractivity contribution in [2.45, 2.75) is 51.3 Å². The predicted octanol–water partition coefficient (Wildman–Crippen LogP) is 2.46. The highest BCUT2D eigenvalue weighted by atomic mass is 35.5. The van der Waals surface area contributed by atoms with Crippen molar-refractivity contribution >= 4 is 23.7 Å². The van der Waals surface area contributed by atoms with Crippen LogP contribution in [0.4, 0.5) is 4.79 Å². The molecule has 0 radical (unpaired) electrons. The molecule has 1 aromatic rings. The molecule has 0 unspecified atom stereocenters. The molecule has 0 bridgehead atoms. The van der Waals surface area contributed by atoms with Gasteiger partial charge in [-0.1, -0.05) is 11.6 Å². The van der Waals surface area contributed by atoms with Crippen molar-refractivity contribution < 1.29 is 19.4 Å². The third-order valence-corrected chi connectivity index (χ3v) is 3.41. The van der Waals surface area contributed by atoms with Gasteiger partial charge in [-0.3, -0.25) is 4.68 Å². The molecule has 1 saturated carbocycles. The van der Waals surface area contributed by atoms with Crippen molar-refractivity contribution in [2.75, 3.05) is 0 Å². The van der Waals surface area contributed by atoms with Crippen LogP contribution in [-0.2, 0) is 4.74 Å². The highest BCUT2D eigenvalue weighted by Crippen LogP contribution is 2.34. The lowest BCUT2D eigenvalue weighted by atomic mass is 9.87. The van der Waals surface area contributed by atoms with E-state index in [2.05, 4.69) is 10.4 Å². The lowest BCUT2D eigenvalue weighted by molar-refractivity contribution is 0.0445. The van der Waals surface area contributed by atoms with Crippen LogP contribution in [0.1, 0.15) is 50.1 Å². The standard InChI is InChI=1S/C13H18ClN3O4/c1-13(2,3)21-12(20)16-7-4-8(5-7)17-10(11(18)19)9(14)6-15-17/h6-8H,4-5H2,1-3H3,(H,16,20)(H,18,19). The first-order chi connectivity index (χ1) is 9.67. The summed E-state index contributed by atoms with van der Waals surface area (Å²) < 4.78 is 6.56. The third-order valence-electron chi connectivity index (χ3n) is 3.13. The Balaban J connectivity index is 1.90. The highest BCUT2D eigenvalue weighted by Gasteiger charge is 2.35. The molecular formula is C13H18ClN3O4. The van der Waals surface area contributed by atoms with Crippen molar-refractivity contribution in [3.05, 3.63) is 16.9 Å². The van der Waals surface area contributed by atoms with Crippen LogP contribution in [0.15, 0.2) is 6.20 Å². The van der Waals surface area contributed by atoms with Crippen LogP contribution < -0.4 is 5.32 Å². The van der Waals surface area contributed by atoms with Gasteiger partial charge < -0.3 is 15.2 Å². The number of aromatic nitrogens is 2. The van der Waals surface area contributed by atoms with Gasteiger partial charge in [0.1, 0.15) is 5.60 Å². The molecule has 0 spiro atoms. The van der Waals surface area contributed by atoms with Gasteiger partial charge in [0.2, 0.25) is 0 Å². The minimum atomic E-state index is -1.11. The Kier molecular flexibility index (Phi) is 4.13. The molecule has 116 valence electrons. The zero-order chi connectivity index (χ0) is 15.8. The maximum atomic E-state index is 11.6. The van der Waals surface area contributed by atoms with E-state index in [1.807, 2.05) is 0 Å². The number of rotatable bonds is 3. The Morgan fingerprint density at radius 1 is 1.48 bits per heavy atom. The lowest BCUT2D eigenvalue weighted by Gasteiger charge is -2.36. The molecule has 0 saturated heterocycles. The van der Waals surface area contributed by atoms with Crippen LogP contribution in [0.25, 0.3) is 0 Å². The van der Waals surface area contributed by atoms with E-state index in [-0.39, 0.29) is 22.8 Å². The van der Waals surface area contributed by atoms with Crippen molar-refractivity contribution in [1.82, 2.24) is 15.1 Å². The molecule has 2 rings (SSSR count). The van der Waals surface area contributed by atoms with Gasteiger partial charge >= 0.3 is 12.1 Å². The zero-order valence-corrected chi connectivity index (χ0v) is 12.8. The van der Waals surface area contributed by atoms with E-state index >= 15 is 0 Å². The van der Waals surface area contributed by atoms with E-state index in [1.165, 1.54) is 10.9 Å². The van der Waals surface area contributed by atoms with Gasteiger partial charge in [0, 0.05) is 6.04 Å². The minimum Gasteiger partial charge on any atom is -0.476 e. The number of ether oxygens (including phenoxy) is 1. The molecule has 0 aromatic carbocycles. The summed E-state index contributed by atoms with van der Waals surface area (Å²) in [5.41, 5.74) is -0.559. The van der Waals surface area contributed by atoms with Crippen LogP contribution in [0.2, 0.25) is 5.02 Å².